The third-order valence-corrected chi connectivity index (χ3v) is 2.57. The van der Waals surface area contributed by atoms with E-state index in [0.717, 1.165) is 0 Å². The zero-order valence-electron chi connectivity index (χ0n) is 10.6. The van der Waals surface area contributed by atoms with Crippen molar-refractivity contribution in [3.05, 3.63) is 11.8 Å². The highest BCUT2D eigenvalue weighted by Gasteiger charge is 2.22. The number of rotatable bonds is 5. The molecule has 1 atom stereocenters. The molecule has 0 aromatic rings. The van der Waals surface area contributed by atoms with E-state index in [1.54, 1.807) is 0 Å². The Morgan fingerprint density at radius 3 is 2.65 bits per heavy atom. The lowest BCUT2D eigenvalue weighted by Gasteiger charge is -2.26. The molecule has 1 unspecified atom stereocenters. The van der Waals surface area contributed by atoms with Gasteiger partial charge in [0, 0.05) is 18.3 Å². The monoisotopic (exact) mass is 240 g/mol. The minimum absolute atomic E-state index is 0.00920. The molecule has 96 valence electrons. The highest BCUT2D eigenvalue weighted by Crippen LogP contribution is 2.09. The van der Waals surface area contributed by atoms with Gasteiger partial charge in [-0.2, -0.15) is 0 Å². The van der Waals surface area contributed by atoms with E-state index in [-0.39, 0.29) is 5.78 Å². The standard InChI is InChI=1S/C12H20N2O3/c1-8(2)4-11(12(16)17)13-9-5-10(15)7-14(3)6-9/h5,8,11,13H,4,6-7H2,1-3H3,(H,16,17). The predicted molar refractivity (Wildman–Crippen MR) is 64.6 cm³/mol. The van der Waals surface area contributed by atoms with Gasteiger partial charge < -0.3 is 10.4 Å². The van der Waals surface area contributed by atoms with Gasteiger partial charge in [0.1, 0.15) is 6.04 Å². The maximum absolute atomic E-state index is 11.4. The van der Waals surface area contributed by atoms with Gasteiger partial charge in [-0.05, 0) is 19.4 Å². The first-order chi connectivity index (χ1) is 7.88. The highest BCUT2D eigenvalue weighted by atomic mass is 16.4. The second kappa shape index (κ2) is 5.82. The van der Waals surface area contributed by atoms with Gasteiger partial charge in [0.05, 0.1) is 6.54 Å². The quantitative estimate of drug-likeness (QED) is 0.731. The van der Waals surface area contributed by atoms with Gasteiger partial charge in [-0.3, -0.25) is 9.69 Å². The van der Waals surface area contributed by atoms with Gasteiger partial charge in [0.2, 0.25) is 0 Å². The Morgan fingerprint density at radius 1 is 1.53 bits per heavy atom. The van der Waals surface area contributed by atoms with Crippen molar-refractivity contribution in [1.29, 1.82) is 0 Å². The first-order valence-corrected chi connectivity index (χ1v) is 5.79. The molecule has 0 spiro atoms. The molecule has 0 saturated carbocycles. The minimum atomic E-state index is -0.875. The summed E-state index contributed by atoms with van der Waals surface area (Å²) in [6.45, 7) is 4.94. The fraction of sp³-hybridized carbons (Fsp3) is 0.667. The molecule has 0 fully saturated rings. The Morgan fingerprint density at radius 2 is 2.18 bits per heavy atom. The summed E-state index contributed by atoms with van der Waals surface area (Å²) in [5.74, 6) is -0.573. The summed E-state index contributed by atoms with van der Waals surface area (Å²) < 4.78 is 0. The largest absolute Gasteiger partial charge is 0.480 e. The molecule has 0 saturated heterocycles. The molecule has 1 aliphatic rings. The van der Waals surface area contributed by atoms with E-state index in [4.69, 9.17) is 5.11 Å². The van der Waals surface area contributed by atoms with E-state index < -0.39 is 12.0 Å². The molecular weight excluding hydrogens is 220 g/mol. The zero-order chi connectivity index (χ0) is 13.0. The summed E-state index contributed by atoms with van der Waals surface area (Å²) in [5.41, 5.74) is 0.691. The molecule has 1 aliphatic heterocycles. The van der Waals surface area contributed by atoms with Crippen molar-refractivity contribution in [3.63, 3.8) is 0 Å². The number of ketones is 1. The number of aliphatic carboxylic acids is 1. The van der Waals surface area contributed by atoms with Crippen molar-refractivity contribution >= 4 is 11.8 Å². The second-order valence-corrected chi connectivity index (χ2v) is 4.97. The van der Waals surface area contributed by atoms with Crippen LogP contribution in [-0.2, 0) is 9.59 Å². The van der Waals surface area contributed by atoms with Gasteiger partial charge in [0.15, 0.2) is 5.78 Å². The van der Waals surface area contributed by atoms with E-state index in [9.17, 15) is 9.59 Å². The molecule has 5 heteroatoms. The number of likely N-dealkylation sites (N-methyl/N-ethyl adjacent to an activating group) is 1. The van der Waals surface area contributed by atoms with Crippen LogP contribution in [0.1, 0.15) is 20.3 Å². The van der Waals surface area contributed by atoms with Crippen LogP contribution in [0.25, 0.3) is 0 Å². The maximum atomic E-state index is 11.4. The Labute approximate surface area is 101 Å². The van der Waals surface area contributed by atoms with Gasteiger partial charge >= 0.3 is 5.97 Å². The SMILES string of the molecule is CC(C)CC(NC1=CC(=O)CN(C)C1)C(=O)O. The van der Waals surface area contributed by atoms with E-state index in [1.165, 1.54) is 6.08 Å². The molecule has 1 heterocycles. The van der Waals surface area contributed by atoms with Crippen LogP contribution in [0.4, 0.5) is 0 Å². The van der Waals surface area contributed by atoms with Crippen LogP contribution in [0.2, 0.25) is 0 Å². The van der Waals surface area contributed by atoms with Gasteiger partial charge in [-0.25, -0.2) is 4.79 Å². The van der Waals surface area contributed by atoms with Crippen LogP contribution < -0.4 is 5.32 Å². The molecule has 0 bridgehead atoms. The van der Waals surface area contributed by atoms with Crippen LogP contribution in [0.3, 0.4) is 0 Å². The maximum Gasteiger partial charge on any atom is 0.326 e. The van der Waals surface area contributed by atoms with Gasteiger partial charge in [0.25, 0.3) is 0 Å². The first kappa shape index (κ1) is 13.7. The van der Waals surface area contributed by atoms with Crippen molar-refractivity contribution in [2.45, 2.75) is 26.3 Å². The van der Waals surface area contributed by atoms with E-state index in [2.05, 4.69) is 5.32 Å². The average Bonchev–Trinajstić information content (AvgIpc) is 2.13. The number of hydrogen-bond acceptors (Lipinski definition) is 4. The fourth-order valence-corrected chi connectivity index (χ4v) is 1.90. The third-order valence-electron chi connectivity index (χ3n) is 2.57. The van der Waals surface area contributed by atoms with Gasteiger partial charge in [-0.1, -0.05) is 13.8 Å². The van der Waals surface area contributed by atoms with Crippen LogP contribution in [-0.4, -0.2) is 47.9 Å². The van der Waals surface area contributed by atoms with Gasteiger partial charge in [-0.15, -0.1) is 0 Å². The average molecular weight is 240 g/mol. The number of hydrogen-bond donors (Lipinski definition) is 2. The molecule has 2 N–H and O–H groups in total. The molecule has 1 rings (SSSR count). The van der Waals surface area contributed by atoms with Crippen molar-refractivity contribution in [2.75, 3.05) is 20.1 Å². The number of carboxylic acids is 1. The summed E-state index contributed by atoms with van der Waals surface area (Å²) in [5, 5.41) is 12.0. The number of nitrogens with one attached hydrogen (secondary N) is 1. The highest BCUT2D eigenvalue weighted by molar-refractivity contribution is 5.93. The molecule has 0 amide bonds. The summed E-state index contributed by atoms with van der Waals surface area (Å²) in [4.78, 5) is 24.3. The lowest BCUT2D eigenvalue weighted by Crippen LogP contribution is -2.43. The second-order valence-electron chi connectivity index (χ2n) is 4.97. The molecular formula is C12H20N2O3. The van der Waals surface area contributed by atoms with E-state index in [1.807, 2.05) is 25.8 Å². The molecule has 0 radical (unpaired) electrons. The van der Waals surface area contributed by atoms with Crippen LogP contribution in [0.5, 0.6) is 0 Å². The van der Waals surface area contributed by atoms with Crippen molar-refractivity contribution in [1.82, 2.24) is 10.2 Å². The zero-order valence-corrected chi connectivity index (χ0v) is 10.6. The lowest BCUT2D eigenvalue weighted by molar-refractivity contribution is -0.139. The third kappa shape index (κ3) is 4.56. The van der Waals surface area contributed by atoms with E-state index >= 15 is 0 Å². The van der Waals surface area contributed by atoms with Crippen molar-refractivity contribution in [3.8, 4) is 0 Å². The summed E-state index contributed by atoms with van der Waals surface area (Å²) >= 11 is 0. The predicted octanol–water partition coefficient (Wildman–Crippen LogP) is 0.474. The number of carbonyl (C=O) groups excluding carboxylic acids is 1. The topological polar surface area (TPSA) is 69.6 Å². The Bertz CT molecular complexity index is 337. The molecule has 0 aromatic carbocycles. The normalized spacial score (nSPS) is 19.1. The summed E-state index contributed by atoms with van der Waals surface area (Å²) in [7, 11) is 1.84. The fourth-order valence-electron chi connectivity index (χ4n) is 1.90. The lowest BCUT2D eigenvalue weighted by atomic mass is 10.0. The smallest absolute Gasteiger partial charge is 0.326 e. The van der Waals surface area contributed by atoms with Crippen LogP contribution in [0.15, 0.2) is 11.8 Å². The van der Waals surface area contributed by atoms with E-state index in [0.29, 0.717) is 31.1 Å². The number of carboxylic acid groups (broad SMARTS) is 1. The molecule has 0 aromatic heterocycles. The summed E-state index contributed by atoms with van der Waals surface area (Å²) in [6, 6.07) is -0.624. The van der Waals surface area contributed by atoms with Crippen molar-refractivity contribution < 1.29 is 14.7 Å². The minimum Gasteiger partial charge on any atom is -0.480 e. The number of carbonyl (C=O) groups is 2. The Hall–Kier alpha value is -1.36. The Kier molecular flexibility index (Phi) is 4.69. The molecule has 0 aliphatic carbocycles. The van der Waals surface area contributed by atoms with Crippen molar-refractivity contribution in [2.24, 2.45) is 5.92 Å². The molecule has 5 nitrogen and oxygen atoms in total. The van der Waals surface area contributed by atoms with Crippen LogP contribution >= 0.6 is 0 Å². The Balaban J connectivity index is 2.66. The van der Waals surface area contributed by atoms with Crippen LogP contribution in [0, 0.1) is 5.92 Å². The first-order valence-electron chi connectivity index (χ1n) is 5.79. The summed E-state index contributed by atoms with van der Waals surface area (Å²) in [6.07, 6.45) is 2.06. The number of nitrogens with zero attached hydrogens (tertiary/aromatic N) is 1. The molecule has 17 heavy (non-hydrogen) atoms.